The van der Waals surface area contributed by atoms with Crippen molar-refractivity contribution in [2.75, 3.05) is 32.1 Å². The molecule has 1 aliphatic heterocycles. The van der Waals surface area contributed by atoms with Crippen LogP contribution in [-0.2, 0) is 9.53 Å². The average molecular weight is 275 g/mol. The van der Waals surface area contributed by atoms with E-state index in [0.717, 1.165) is 13.1 Å². The standard InChI is InChI=1S/C14H17N3O3/c1-14(8-16-9-14)20-7-12(18)17-13-10(6-15)4-3-5-11(13)19-2/h3-5,16H,7-9H2,1-2H3,(H,17,18). The Balaban J connectivity index is 2.02. The number of rotatable bonds is 5. The van der Waals surface area contributed by atoms with Crippen LogP contribution in [0.15, 0.2) is 18.2 Å². The first-order valence-corrected chi connectivity index (χ1v) is 6.29. The molecule has 6 nitrogen and oxygen atoms in total. The van der Waals surface area contributed by atoms with E-state index in [9.17, 15) is 4.79 Å². The summed E-state index contributed by atoms with van der Waals surface area (Å²) in [4.78, 5) is 11.9. The van der Waals surface area contributed by atoms with Gasteiger partial charge in [0, 0.05) is 13.1 Å². The molecule has 0 aromatic heterocycles. The Morgan fingerprint density at radius 1 is 1.55 bits per heavy atom. The molecule has 0 atom stereocenters. The highest BCUT2D eigenvalue weighted by molar-refractivity contribution is 5.94. The van der Waals surface area contributed by atoms with Crippen molar-refractivity contribution in [2.45, 2.75) is 12.5 Å². The quantitative estimate of drug-likeness (QED) is 0.833. The van der Waals surface area contributed by atoms with E-state index in [2.05, 4.69) is 10.6 Å². The van der Waals surface area contributed by atoms with Crippen molar-refractivity contribution in [1.82, 2.24) is 5.32 Å². The van der Waals surface area contributed by atoms with Gasteiger partial charge in [-0.3, -0.25) is 4.79 Å². The van der Waals surface area contributed by atoms with Crippen LogP contribution in [-0.4, -0.2) is 38.3 Å². The van der Waals surface area contributed by atoms with Crippen LogP contribution in [0.3, 0.4) is 0 Å². The van der Waals surface area contributed by atoms with E-state index in [-0.39, 0.29) is 18.1 Å². The Hall–Kier alpha value is -2.10. The molecule has 1 aliphatic rings. The molecule has 0 unspecified atom stereocenters. The van der Waals surface area contributed by atoms with E-state index >= 15 is 0 Å². The minimum atomic E-state index is -0.306. The highest BCUT2D eigenvalue weighted by Crippen LogP contribution is 2.27. The average Bonchev–Trinajstić information content (AvgIpc) is 2.43. The molecule has 20 heavy (non-hydrogen) atoms. The van der Waals surface area contributed by atoms with Crippen molar-refractivity contribution in [2.24, 2.45) is 0 Å². The zero-order valence-electron chi connectivity index (χ0n) is 11.5. The van der Waals surface area contributed by atoms with Gasteiger partial charge in [0.25, 0.3) is 5.91 Å². The maximum Gasteiger partial charge on any atom is 0.250 e. The third-order valence-corrected chi connectivity index (χ3v) is 3.18. The number of carbonyl (C=O) groups is 1. The topological polar surface area (TPSA) is 83.4 Å². The molecule has 1 amide bonds. The summed E-state index contributed by atoms with van der Waals surface area (Å²) < 4.78 is 10.7. The van der Waals surface area contributed by atoms with E-state index in [1.165, 1.54) is 7.11 Å². The van der Waals surface area contributed by atoms with Crippen molar-refractivity contribution < 1.29 is 14.3 Å². The maximum absolute atomic E-state index is 11.9. The van der Waals surface area contributed by atoms with Crippen molar-refractivity contribution in [1.29, 1.82) is 5.26 Å². The van der Waals surface area contributed by atoms with Gasteiger partial charge in [0.2, 0.25) is 0 Å². The normalized spacial score (nSPS) is 15.8. The summed E-state index contributed by atoms with van der Waals surface area (Å²) in [5, 5.41) is 14.8. The maximum atomic E-state index is 11.9. The van der Waals surface area contributed by atoms with Crippen LogP contribution in [0.5, 0.6) is 5.75 Å². The van der Waals surface area contributed by atoms with Gasteiger partial charge in [-0.2, -0.15) is 5.26 Å². The molecule has 1 aromatic carbocycles. The molecule has 2 N–H and O–H groups in total. The Kier molecular flexibility index (Phi) is 4.23. The molecule has 1 fully saturated rings. The molecule has 1 saturated heterocycles. The Morgan fingerprint density at radius 2 is 2.30 bits per heavy atom. The van der Waals surface area contributed by atoms with E-state index in [1.54, 1.807) is 18.2 Å². The van der Waals surface area contributed by atoms with Gasteiger partial charge < -0.3 is 20.1 Å². The van der Waals surface area contributed by atoms with Gasteiger partial charge in [0.15, 0.2) is 0 Å². The first-order chi connectivity index (χ1) is 9.58. The predicted octanol–water partition coefficient (Wildman–Crippen LogP) is 0.884. The predicted molar refractivity (Wildman–Crippen MR) is 73.6 cm³/mol. The van der Waals surface area contributed by atoms with Crippen molar-refractivity contribution >= 4 is 11.6 Å². The van der Waals surface area contributed by atoms with Crippen LogP contribution in [0.25, 0.3) is 0 Å². The fraction of sp³-hybridized carbons (Fsp3) is 0.429. The largest absolute Gasteiger partial charge is 0.495 e. The van der Waals surface area contributed by atoms with Crippen LogP contribution in [0.4, 0.5) is 5.69 Å². The summed E-state index contributed by atoms with van der Waals surface area (Å²) in [6, 6.07) is 7.03. The molecule has 106 valence electrons. The lowest BCUT2D eigenvalue weighted by atomic mass is 10.0. The minimum absolute atomic E-state index is 0.0545. The van der Waals surface area contributed by atoms with Gasteiger partial charge in [0.05, 0.1) is 18.3 Å². The van der Waals surface area contributed by atoms with E-state index in [4.69, 9.17) is 14.7 Å². The molecular formula is C14H17N3O3. The third-order valence-electron chi connectivity index (χ3n) is 3.18. The van der Waals surface area contributed by atoms with Crippen LogP contribution in [0.2, 0.25) is 0 Å². The molecule has 6 heteroatoms. The Bertz CT molecular complexity index is 547. The SMILES string of the molecule is COc1cccc(C#N)c1NC(=O)COC1(C)CNC1. The van der Waals surface area contributed by atoms with Crippen LogP contribution >= 0.6 is 0 Å². The van der Waals surface area contributed by atoms with Crippen LogP contribution in [0.1, 0.15) is 12.5 Å². The number of hydrogen-bond donors (Lipinski definition) is 2. The number of amides is 1. The number of nitrogens with zero attached hydrogens (tertiary/aromatic N) is 1. The minimum Gasteiger partial charge on any atom is -0.495 e. The van der Waals surface area contributed by atoms with Crippen molar-refractivity contribution in [3.63, 3.8) is 0 Å². The number of para-hydroxylation sites is 1. The molecule has 0 radical (unpaired) electrons. The monoisotopic (exact) mass is 275 g/mol. The number of anilines is 1. The lowest BCUT2D eigenvalue weighted by Gasteiger charge is -2.38. The number of ether oxygens (including phenoxy) is 2. The van der Waals surface area contributed by atoms with Gasteiger partial charge in [-0.05, 0) is 19.1 Å². The summed E-state index contributed by atoms with van der Waals surface area (Å²) in [5.41, 5.74) is 0.452. The van der Waals surface area contributed by atoms with Gasteiger partial charge in [-0.1, -0.05) is 6.07 Å². The summed E-state index contributed by atoms with van der Waals surface area (Å²) in [6.45, 7) is 3.36. The smallest absolute Gasteiger partial charge is 0.250 e. The summed E-state index contributed by atoms with van der Waals surface area (Å²) >= 11 is 0. The lowest BCUT2D eigenvalue weighted by molar-refractivity contribution is -0.130. The second kappa shape index (κ2) is 5.90. The molecule has 1 heterocycles. The zero-order valence-corrected chi connectivity index (χ0v) is 11.5. The fourth-order valence-electron chi connectivity index (χ4n) is 1.92. The number of hydrogen-bond acceptors (Lipinski definition) is 5. The number of carbonyl (C=O) groups excluding carboxylic acids is 1. The van der Waals surface area contributed by atoms with Crippen molar-refractivity contribution in [3.05, 3.63) is 23.8 Å². The summed E-state index contributed by atoms with van der Waals surface area (Å²) in [6.07, 6.45) is 0. The summed E-state index contributed by atoms with van der Waals surface area (Å²) in [7, 11) is 1.49. The molecule has 1 aromatic rings. The first kappa shape index (κ1) is 14.3. The highest BCUT2D eigenvalue weighted by atomic mass is 16.5. The molecule has 0 bridgehead atoms. The molecule has 0 spiro atoms. The third kappa shape index (κ3) is 3.07. The zero-order chi connectivity index (χ0) is 14.6. The molecule has 0 saturated carbocycles. The number of nitrogens with one attached hydrogen (secondary N) is 2. The number of methoxy groups -OCH3 is 1. The number of benzene rings is 1. The van der Waals surface area contributed by atoms with E-state index < -0.39 is 0 Å². The van der Waals surface area contributed by atoms with Gasteiger partial charge in [-0.15, -0.1) is 0 Å². The van der Waals surface area contributed by atoms with E-state index in [0.29, 0.717) is 17.0 Å². The molecule has 0 aliphatic carbocycles. The Morgan fingerprint density at radius 3 is 2.85 bits per heavy atom. The second-order valence-electron chi connectivity index (χ2n) is 4.88. The number of nitriles is 1. The molecular weight excluding hydrogens is 258 g/mol. The van der Waals surface area contributed by atoms with Crippen LogP contribution < -0.4 is 15.4 Å². The second-order valence-corrected chi connectivity index (χ2v) is 4.88. The van der Waals surface area contributed by atoms with Gasteiger partial charge in [-0.25, -0.2) is 0 Å². The van der Waals surface area contributed by atoms with Crippen molar-refractivity contribution in [3.8, 4) is 11.8 Å². The van der Waals surface area contributed by atoms with E-state index in [1.807, 2.05) is 13.0 Å². The fourth-order valence-corrected chi connectivity index (χ4v) is 1.92. The van der Waals surface area contributed by atoms with Gasteiger partial charge >= 0.3 is 0 Å². The Labute approximate surface area is 117 Å². The molecule has 2 rings (SSSR count). The van der Waals surface area contributed by atoms with Gasteiger partial charge in [0.1, 0.15) is 24.1 Å². The first-order valence-electron chi connectivity index (χ1n) is 6.29. The lowest BCUT2D eigenvalue weighted by Crippen LogP contribution is -2.59. The summed E-state index contributed by atoms with van der Waals surface area (Å²) in [5.74, 6) is 0.146. The highest BCUT2D eigenvalue weighted by Gasteiger charge is 2.33. The van der Waals surface area contributed by atoms with Crippen LogP contribution in [0, 0.1) is 11.3 Å².